The maximum Gasteiger partial charge on any atom is 0.441 e. The van der Waals surface area contributed by atoms with Crippen molar-refractivity contribution < 1.29 is 31.1 Å². The second-order valence-corrected chi connectivity index (χ2v) is 10.6. The Morgan fingerprint density at radius 3 is 2.27 bits per heavy atom. The summed E-state index contributed by atoms with van der Waals surface area (Å²) in [5, 5.41) is 4.05. The summed E-state index contributed by atoms with van der Waals surface area (Å²) in [6.45, 7) is 5.83. The summed E-state index contributed by atoms with van der Waals surface area (Å²) in [7, 11) is 0. The SMILES string of the molecule is CC(SC(=NN)C(F)(F)F)N1CCN(CCC(=O)N2CCC(N=C3CCC(C(F)(F)F)=CN3)CC2)CC1. The summed E-state index contributed by atoms with van der Waals surface area (Å²) in [6, 6.07) is -0.0255. The Labute approximate surface area is 216 Å². The van der Waals surface area contributed by atoms with E-state index in [0.29, 0.717) is 82.7 Å². The quantitative estimate of drug-likeness (QED) is 0.172. The van der Waals surface area contributed by atoms with Crippen molar-refractivity contribution in [3.63, 3.8) is 0 Å². The Morgan fingerprint density at radius 1 is 1.11 bits per heavy atom. The van der Waals surface area contributed by atoms with Crippen LogP contribution in [0.5, 0.6) is 0 Å². The molecule has 0 radical (unpaired) electrons. The maximum absolute atomic E-state index is 12.9. The lowest BCUT2D eigenvalue weighted by atomic mass is 10.0. The number of nitrogens with zero attached hydrogens (tertiary/aromatic N) is 5. The number of halogens is 6. The highest BCUT2D eigenvalue weighted by molar-refractivity contribution is 8.14. The van der Waals surface area contributed by atoms with Crippen LogP contribution in [0.15, 0.2) is 21.9 Å². The fourth-order valence-electron chi connectivity index (χ4n) is 4.53. The number of carbonyl (C=O) groups excluding carboxylic acids is 1. The van der Waals surface area contributed by atoms with E-state index in [1.807, 2.05) is 4.90 Å². The monoisotopic (exact) mass is 557 g/mol. The number of amidine groups is 1. The minimum absolute atomic E-state index is 0.0255. The van der Waals surface area contributed by atoms with Crippen LogP contribution in [0, 0.1) is 0 Å². The van der Waals surface area contributed by atoms with Gasteiger partial charge >= 0.3 is 12.4 Å². The summed E-state index contributed by atoms with van der Waals surface area (Å²) >= 11 is 0.594. The van der Waals surface area contributed by atoms with Gasteiger partial charge < -0.3 is 21.0 Å². The van der Waals surface area contributed by atoms with Gasteiger partial charge in [0.2, 0.25) is 5.91 Å². The lowest BCUT2D eigenvalue weighted by molar-refractivity contribution is -0.132. The molecule has 0 spiro atoms. The zero-order valence-electron chi connectivity index (χ0n) is 20.6. The Balaban J connectivity index is 1.34. The van der Waals surface area contributed by atoms with Gasteiger partial charge in [-0.1, -0.05) is 11.8 Å². The summed E-state index contributed by atoms with van der Waals surface area (Å²) in [5.41, 5.74) is -0.585. The second-order valence-electron chi connectivity index (χ2n) is 9.28. The van der Waals surface area contributed by atoms with Crippen LogP contribution in [0.1, 0.15) is 39.0 Å². The molecule has 0 aliphatic carbocycles. The molecular formula is C22H33F6N7OS. The van der Waals surface area contributed by atoms with Gasteiger partial charge in [0.15, 0.2) is 5.04 Å². The highest BCUT2D eigenvalue weighted by atomic mass is 32.2. The Kier molecular flexibility index (Phi) is 10.1. The highest BCUT2D eigenvalue weighted by Crippen LogP contribution is 2.31. The first-order valence-electron chi connectivity index (χ1n) is 12.2. The van der Waals surface area contributed by atoms with Gasteiger partial charge in [0, 0.05) is 70.4 Å². The first kappa shape index (κ1) is 29.6. The highest BCUT2D eigenvalue weighted by Gasteiger charge is 2.39. The second kappa shape index (κ2) is 12.7. The summed E-state index contributed by atoms with van der Waals surface area (Å²) in [5.74, 6) is 5.49. The number of amides is 1. The van der Waals surface area contributed by atoms with E-state index in [2.05, 4.69) is 20.3 Å². The molecule has 2 fully saturated rings. The lowest BCUT2D eigenvalue weighted by Gasteiger charge is -2.38. The Hall–Kier alpha value is -2.00. The van der Waals surface area contributed by atoms with Crippen molar-refractivity contribution in [2.75, 3.05) is 45.8 Å². The number of allylic oxidation sites excluding steroid dienone is 1. The van der Waals surface area contributed by atoms with E-state index in [1.54, 1.807) is 11.8 Å². The molecule has 0 bridgehead atoms. The maximum atomic E-state index is 12.9. The molecular weight excluding hydrogens is 524 g/mol. The van der Waals surface area contributed by atoms with Crippen molar-refractivity contribution in [1.29, 1.82) is 0 Å². The predicted octanol–water partition coefficient (Wildman–Crippen LogP) is 3.13. The predicted molar refractivity (Wildman–Crippen MR) is 131 cm³/mol. The zero-order valence-corrected chi connectivity index (χ0v) is 21.4. The van der Waals surface area contributed by atoms with Crippen molar-refractivity contribution in [2.24, 2.45) is 15.9 Å². The zero-order chi connectivity index (χ0) is 27.2. The molecule has 15 heteroatoms. The van der Waals surface area contributed by atoms with E-state index < -0.39 is 28.3 Å². The first-order chi connectivity index (χ1) is 17.4. The van der Waals surface area contributed by atoms with Gasteiger partial charge in [-0.3, -0.25) is 14.7 Å². The number of hydrogen-bond acceptors (Lipinski definition) is 7. The van der Waals surface area contributed by atoms with Crippen LogP contribution in [0.3, 0.4) is 0 Å². The van der Waals surface area contributed by atoms with Gasteiger partial charge in [-0.05, 0) is 26.2 Å². The van der Waals surface area contributed by atoms with Crippen molar-refractivity contribution in [2.45, 2.75) is 62.8 Å². The van der Waals surface area contributed by atoms with Crippen LogP contribution in [-0.2, 0) is 4.79 Å². The number of piperazine rings is 1. The number of alkyl halides is 6. The lowest BCUT2D eigenvalue weighted by Crippen LogP contribution is -2.50. The van der Waals surface area contributed by atoms with Gasteiger partial charge in [0.25, 0.3) is 0 Å². The molecule has 3 N–H and O–H groups in total. The molecule has 0 aromatic heterocycles. The number of nitrogens with one attached hydrogen (secondary N) is 1. The van der Waals surface area contributed by atoms with Crippen LogP contribution in [-0.4, -0.2) is 101 Å². The third-order valence-electron chi connectivity index (χ3n) is 6.77. The molecule has 0 aromatic rings. The van der Waals surface area contributed by atoms with Crippen LogP contribution in [0.2, 0.25) is 0 Å². The molecule has 210 valence electrons. The summed E-state index contributed by atoms with van der Waals surface area (Å²) in [6.07, 6.45) is -6.10. The molecule has 1 unspecified atom stereocenters. The average Bonchev–Trinajstić information content (AvgIpc) is 2.85. The molecule has 3 aliphatic rings. The van der Waals surface area contributed by atoms with E-state index in [0.717, 1.165) is 6.20 Å². The molecule has 1 amide bonds. The number of piperidine rings is 1. The van der Waals surface area contributed by atoms with Crippen molar-refractivity contribution >= 4 is 28.5 Å². The largest absolute Gasteiger partial charge is 0.441 e. The van der Waals surface area contributed by atoms with E-state index in [4.69, 9.17) is 5.84 Å². The van der Waals surface area contributed by atoms with E-state index >= 15 is 0 Å². The fraction of sp³-hybridized carbons (Fsp3) is 0.773. The van der Waals surface area contributed by atoms with Crippen LogP contribution < -0.4 is 11.2 Å². The third-order valence-corrected chi connectivity index (χ3v) is 7.97. The molecule has 8 nitrogen and oxygen atoms in total. The van der Waals surface area contributed by atoms with E-state index in [1.165, 1.54) is 0 Å². The minimum atomic E-state index is -4.57. The topological polar surface area (TPSA) is 89.6 Å². The first-order valence-corrected chi connectivity index (χ1v) is 13.1. The third kappa shape index (κ3) is 8.77. The molecule has 0 saturated carbocycles. The van der Waals surface area contributed by atoms with E-state index in [-0.39, 0.29) is 24.8 Å². The number of aliphatic imine (C=N–C) groups is 1. The van der Waals surface area contributed by atoms with Gasteiger partial charge in [-0.15, -0.1) is 0 Å². The molecule has 3 rings (SSSR count). The van der Waals surface area contributed by atoms with Crippen LogP contribution >= 0.6 is 11.8 Å². The Morgan fingerprint density at radius 2 is 1.76 bits per heavy atom. The van der Waals surface area contributed by atoms with Crippen molar-refractivity contribution in [3.8, 4) is 0 Å². The molecule has 2 saturated heterocycles. The van der Waals surface area contributed by atoms with Gasteiger partial charge in [0.05, 0.1) is 11.4 Å². The number of rotatable bonds is 6. The van der Waals surface area contributed by atoms with Crippen molar-refractivity contribution in [3.05, 3.63) is 11.8 Å². The summed E-state index contributed by atoms with van der Waals surface area (Å²) < 4.78 is 76.8. The van der Waals surface area contributed by atoms with Gasteiger partial charge in [-0.2, -0.15) is 31.4 Å². The number of hydrazone groups is 1. The molecule has 3 heterocycles. The molecule has 37 heavy (non-hydrogen) atoms. The number of carbonyl (C=O) groups is 1. The standard InChI is InChI=1S/C22H33F6N7OS/c1-15(37-20(32-29)22(26,27)28)34-12-10-33(11-13-34)7-6-19(36)35-8-4-17(5-9-35)31-18-3-2-16(14-30-18)21(23,24)25/h14-15,17H,2-13,29H2,1H3,(H,30,31). The average molecular weight is 558 g/mol. The van der Waals surface area contributed by atoms with Crippen LogP contribution in [0.4, 0.5) is 26.3 Å². The number of nitrogens with two attached hydrogens (primary N) is 1. The minimum Gasteiger partial charge on any atom is -0.350 e. The summed E-state index contributed by atoms with van der Waals surface area (Å²) in [4.78, 5) is 23.1. The smallest absolute Gasteiger partial charge is 0.350 e. The van der Waals surface area contributed by atoms with Gasteiger partial charge in [0.1, 0.15) is 5.84 Å². The molecule has 1 atom stereocenters. The van der Waals surface area contributed by atoms with E-state index in [9.17, 15) is 31.1 Å². The van der Waals surface area contributed by atoms with Crippen molar-refractivity contribution in [1.82, 2.24) is 20.0 Å². The number of hydrogen-bond donors (Lipinski definition) is 2. The number of thioether (sulfide) groups is 1. The van der Waals surface area contributed by atoms with Gasteiger partial charge in [-0.25, -0.2) is 0 Å². The normalized spacial score (nSPS) is 23.6. The fourth-order valence-corrected chi connectivity index (χ4v) is 5.40. The Bertz CT molecular complexity index is 876. The molecule has 0 aromatic carbocycles. The molecule has 3 aliphatic heterocycles. The van der Waals surface area contributed by atoms with Crippen LogP contribution in [0.25, 0.3) is 0 Å². The number of likely N-dealkylation sites (tertiary alicyclic amines) is 1.